The zero-order valence-electron chi connectivity index (χ0n) is 15.6. The second-order valence-electron chi connectivity index (χ2n) is 5.80. The zero-order valence-corrected chi connectivity index (χ0v) is 18.0. The Kier molecular flexibility index (Phi) is 8.32. The second kappa shape index (κ2) is 10.3. The van der Waals surface area contributed by atoms with Crippen LogP contribution >= 0.6 is 31.2 Å². The van der Waals surface area contributed by atoms with Crippen molar-refractivity contribution < 1.29 is 36.5 Å². The number of anilines is 1. The van der Waals surface area contributed by atoms with E-state index in [-0.39, 0.29) is 34.3 Å². The lowest BCUT2D eigenvalue weighted by Crippen LogP contribution is -2.20. The summed E-state index contributed by atoms with van der Waals surface area (Å²) >= 11 is 11.7. The number of nitrogens with one attached hydrogen (secondary N) is 1. The van der Waals surface area contributed by atoms with Crippen molar-refractivity contribution in [2.45, 2.75) is 18.5 Å². The highest BCUT2D eigenvalue weighted by atomic mass is 35.5. The molecule has 0 spiro atoms. The molecule has 2 rings (SSSR count). The molecule has 0 aliphatic carbocycles. The molecule has 2 aromatic rings. The number of carbonyl (C=O) groups is 1. The Bertz CT molecular complexity index is 941. The van der Waals surface area contributed by atoms with Crippen molar-refractivity contribution in [3.8, 4) is 17.2 Å². The van der Waals surface area contributed by atoms with E-state index in [0.29, 0.717) is 0 Å². The van der Waals surface area contributed by atoms with Gasteiger partial charge in [-0.1, -0.05) is 11.6 Å². The Labute approximate surface area is 181 Å². The van der Waals surface area contributed by atoms with Gasteiger partial charge in [0.2, 0.25) is 5.91 Å². The monoisotopic (exact) mass is 484 g/mol. The van der Waals surface area contributed by atoms with Crippen molar-refractivity contribution >= 4 is 42.8 Å². The fourth-order valence-corrected chi connectivity index (χ4v) is 2.70. The smallest absolute Gasteiger partial charge is 0.453 e. The number of hydrogen-bond acceptors (Lipinski definition) is 5. The summed E-state index contributed by atoms with van der Waals surface area (Å²) in [4.78, 5) is 11.9. The lowest BCUT2D eigenvalue weighted by molar-refractivity contribution is -0.137. The van der Waals surface area contributed by atoms with Gasteiger partial charge in [-0.25, -0.2) is 0 Å². The molecular weight excluding hydrogens is 469 g/mol. The average Bonchev–Trinajstić information content (AvgIpc) is 2.68. The van der Waals surface area contributed by atoms with Gasteiger partial charge in [-0.15, -0.1) is 16.1 Å². The standard InChI is InChI=1S/C18H15Cl2F3NO5P/c1-10(19)17(25)24-14-5-4-12(28-9-30(26)27-2)8-16(14)29-15-6-3-11(7-13(15)20)18(21,22)23/h3-8,10H,9H2,1-2H3/p+1. The third kappa shape index (κ3) is 6.74. The molecule has 162 valence electrons. The average molecular weight is 485 g/mol. The largest absolute Gasteiger partial charge is 0.549 e. The van der Waals surface area contributed by atoms with Gasteiger partial charge in [0.05, 0.1) is 23.4 Å². The van der Waals surface area contributed by atoms with Gasteiger partial charge in [0, 0.05) is 6.07 Å². The third-order valence-corrected chi connectivity index (χ3v) is 4.83. The van der Waals surface area contributed by atoms with Crippen molar-refractivity contribution in [2.75, 3.05) is 18.8 Å². The van der Waals surface area contributed by atoms with Crippen molar-refractivity contribution in [3.63, 3.8) is 0 Å². The number of ether oxygens (including phenoxy) is 2. The predicted molar refractivity (Wildman–Crippen MR) is 107 cm³/mol. The number of halogens is 5. The normalized spacial score (nSPS) is 12.8. The van der Waals surface area contributed by atoms with Crippen molar-refractivity contribution in [1.29, 1.82) is 0 Å². The van der Waals surface area contributed by atoms with E-state index in [9.17, 15) is 22.5 Å². The maximum atomic E-state index is 12.8. The molecule has 30 heavy (non-hydrogen) atoms. The minimum atomic E-state index is -4.57. The Morgan fingerprint density at radius 1 is 1.20 bits per heavy atom. The molecule has 0 aliphatic heterocycles. The van der Waals surface area contributed by atoms with Crippen LogP contribution in [0.15, 0.2) is 36.4 Å². The molecule has 0 aromatic heterocycles. The zero-order chi connectivity index (χ0) is 22.5. The molecule has 0 fully saturated rings. The van der Waals surface area contributed by atoms with Crippen molar-refractivity contribution in [1.82, 2.24) is 0 Å². The van der Waals surface area contributed by atoms with E-state index in [1.807, 2.05) is 0 Å². The molecule has 6 nitrogen and oxygen atoms in total. The highest BCUT2D eigenvalue weighted by molar-refractivity contribution is 7.38. The quantitative estimate of drug-likeness (QED) is 0.344. The van der Waals surface area contributed by atoms with E-state index < -0.39 is 31.1 Å². The first-order valence-electron chi connectivity index (χ1n) is 8.26. The lowest BCUT2D eigenvalue weighted by Gasteiger charge is -2.16. The van der Waals surface area contributed by atoms with Crippen LogP contribution in [0, 0.1) is 0 Å². The van der Waals surface area contributed by atoms with Crippen LogP contribution in [0.3, 0.4) is 0 Å². The molecule has 0 aliphatic rings. The summed E-state index contributed by atoms with van der Waals surface area (Å²) in [5.74, 6) is -0.381. The fraction of sp³-hybridized carbons (Fsp3) is 0.278. The van der Waals surface area contributed by atoms with Gasteiger partial charge in [-0.2, -0.15) is 13.2 Å². The van der Waals surface area contributed by atoms with E-state index in [1.54, 1.807) is 0 Å². The number of hydrogen-bond donors (Lipinski definition) is 1. The molecule has 2 atom stereocenters. The number of alkyl halides is 4. The van der Waals surface area contributed by atoms with Crippen LogP contribution in [0.5, 0.6) is 17.2 Å². The van der Waals surface area contributed by atoms with Crippen molar-refractivity contribution in [2.24, 2.45) is 0 Å². The Hall–Kier alpha value is -2.06. The number of benzene rings is 2. The van der Waals surface area contributed by atoms with Crippen LogP contribution in [-0.4, -0.2) is 24.7 Å². The van der Waals surface area contributed by atoms with E-state index in [4.69, 9.17) is 32.7 Å². The highest BCUT2D eigenvalue weighted by Crippen LogP contribution is 2.39. The van der Waals surface area contributed by atoms with Gasteiger partial charge in [-0.05, 0) is 41.8 Å². The molecule has 1 amide bonds. The minimum absolute atomic E-state index is 0.0208. The van der Waals surface area contributed by atoms with Gasteiger partial charge in [-0.3, -0.25) is 4.79 Å². The highest BCUT2D eigenvalue weighted by Gasteiger charge is 2.31. The number of amides is 1. The van der Waals surface area contributed by atoms with Gasteiger partial charge < -0.3 is 14.8 Å². The molecule has 0 bridgehead atoms. The number of rotatable bonds is 8. The molecule has 0 saturated heterocycles. The lowest BCUT2D eigenvalue weighted by atomic mass is 10.2. The maximum absolute atomic E-state index is 12.8. The first-order chi connectivity index (χ1) is 14.0. The van der Waals surface area contributed by atoms with Crippen LogP contribution < -0.4 is 14.8 Å². The summed E-state index contributed by atoms with van der Waals surface area (Å²) in [5.41, 5.74) is -0.767. The molecule has 0 heterocycles. The molecule has 0 radical (unpaired) electrons. The van der Waals surface area contributed by atoms with Crippen LogP contribution in [0.25, 0.3) is 0 Å². The minimum Gasteiger partial charge on any atom is -0.453 e. The summed E-state index contributed by atoms with van der Waals surface area (Å²) < 4.78 is 65.5. The van der Waals surface area contributed by atoms with Crippen LogP contribution in [0.2, 0.25) is 5.02 Å². The Morgan fingerprint density at radius 2 is 1.90 bits per heavy atom. The summed E-state index contributed by atoms with van der Waals surface area (Å²) in [6, 6.07) is 6.83. The van der Waals surface area contributed by atoms with E-state index in [1.165, 1.54) is 32.2 Å². The molecule has 12 heteroatoms. The van der Waals surface area contributed by atoms with Crippen LogP contribution in [0.4, 0.5) is 18.9 Å². The predicted octanol–water partition coefficient (Wildman–Crippen LogP) is 6.44. The molecule has 2 aromatic carbocycles. The topological polar surface area (TPSA) is 73.9 Å². The summed E-state index contributed by atoms with van der Waals surface area (Å²) in [6.07, 6.45) is -4.81. The van der Waals surface area contributed by atoms with E-state index in [0.717, 1.165) is 18.2 Å². The Balaban J connectivity index is 2.36. The van der Waals surface area contributed by atoms with Gasteiger partial charge in [0.1, 0.15) is 16.9 Å². The van der Waals surface area contributed by atoms with Crippen LogP contribution in [0.1, 0.15) is 12.5 Å². The first kappa shape index (κ1) is 24.2. The molecule has 2 unspecified atom stereocenters. The molecular formula is C18H16Cl2F3NO5P+. The summed E-state index contributed by atoms with van der Waals surface area (Å²) in [5, 5.41) is 1.39. The van der Waals surface area contributed by atoms with Gasteiger partial charge in [0.25, 0.3) is 0 Å². The number of carbonyl (C=O) groups excluding carboxylic acids is 1. The molecule has 1 N–H and O–H groups in total. The summed E-state index contributed by atoms with van der Waals surface area (Å²) in [6.45, 7) is 1.46. The van der Waals surface area contributed by atoms with Gasteiger partial charge in [0.15, 0.2) is 5.75 Å². The third-order valence-electron chi connectivity index (χ3n) is 3.59. The first-order valence-corrected chi connectivity index (χ1v) is 10.4. The summed E-state index contributed by atoms with van der Waals surface area (Å²) in [7, 11) is -0.779. The maximum Gasteiger partial charge on any atom is 0.549 e. The SMILES string of the molecule is CO[P+](=O)COc1ccc(NC(=O)C(C)Cl)c(Oc2ccc(C(F)(F)F)cc2Cl)c1. The van der Waals surface area contributed by atoms with E-state index in [2.05, 4.69) is 9.84 Å². The Morgan fingerprint density at radius 3 is 2.47 bits per heavy atom. The van der Waals surface area contributed by atoms with E-state index >= 15 is 0 Å². The van der Waals surface area contributed by atoms with Crippen LogP contribution in [-0.2, 0) is 20.1 Å². The fourth-order valence-electron chi connectivity index (χ4n) is 2.07. The second-order valence-corrected chi connectivity index (χ2v) is 8.15. The van der Waals surface area contributed by atoms with Gasteiger partial charge >= 0.3 is 20.6 Å². The van der Waals surface area contributed by atoms with Crippen molar-refractivity contribution in [3.05, 3.63) is 47.0 Å². The molecule has 0 saturated carbocycles.